The van der Waals surface area contributed by atoms with Crippen molar-refractivity contribution in [1.82, 2.24) is 4.90 Å². The first-order valence-corrected chi connectivity index (χ1v) is 10.3. The molecule has 1 aromatic carbocycles. The summed E-state index contributed by atoms with van der Waals surface area (Å²) in [6.07, 6.45) is 5.72. The predicted octanol–water partition coefficient (Wildman–Crippen LogP) is 5.24. The maximum Gasteiger partial charge on any atom is 0.264 e. The number of thiophene rings is 1. The molecule has 2 aromatic rings. The van der Waals surface area contributed by atoms with E-state index in [0.717, 1.165) is 18.4 Å². The lowest BCUT2D eigenvalue weighted by atomic mass is 9.94. The highest BCUT2D eigenvalue weighted by molar-refractivity contribution is 7.18. The Hall–Kier alpha value is -2.21. The van der Waals surface area contributed by atoms with Crippen LogP contribution in [-0.4, -0.2) is 29.3 Å². The van der Waals surface area contributed by atoms with Gasteiger partial charge in [-0.05, 0) is 56.5 Å². The van der Waals surface area contributed by atoms with E-state index in [0.29, 0.717) is 22.5 Å². The summed E-state index contributed by atoms with van der Waals surface area (Å²) >= 11 is 1.29. The lowest BCUT2D eigenvalue weighted by Crippen LogP contribution is -2.41. The number of hydrogen-bond donors (Lipinski definition) is 1. The van der Waals surface area contributed by atoms with Crippen molar-refractivity contribution in [2.45, 2.75) is 52.0 Å². The molecule has 1 heterocycles. The molecule has 144 valence electrons. The Morgan fingerprint density at radius 2 is 1.96 bits per heavy atom. The third-order valence-electron chi connectivity index (χ3n) is 5.05. The Bertz CT molecular complexity index is 827. The summed E-state index contributed by atoms with van der Waals surface area (Å²) < 4.78 is 13.3. The smallest absolute Gasteiger partial charge is 0.264 e. The van der Waals surface area contributed by atoms with E-state index in [2.05, 4.69) is 5.32 Å². The second kappa shape index (κ2) is 8.65. The van der Waals surface area contributed by atoms with Crippen molar-refractivity contribution in [2.24, 2.45) is 0 Å². The fourth-order valence-electron chi connectivity index (χ4n) is 3.66. The lowest BCUT2D eigenvalue weighted by molar-refractivity contribution is 0.0652. The molecule has 2 amide bonds. The minimum atomic E-state index is -0.452. The Balaban J connectivity index is 1.75. The number of hydrogen-bond acceptors (Lipinski definition) is 3. The number of anilines is 1. The number of amides is 2. The summed E-state index contributed by atoms with van der Waals surface area (Å²) in [5.41, 5.74) is 1.11. The molecule has 0 unspecified atom stereocenters. The number of benzene rings is 1. The van der Waals surface area contributed by atoms with Crippen molar-refractivity contribution in [2.75, 3.05) is 11.9 Å². The molecule has 0 bridgehead atoms. The highest BCUT2D eigenvalue weighted by atomic mass is 32.1. The first-order chi connectivity index (χ1) is 13.0. The number of carbonyl (C=O) groups is 2. The summed E-state index contributed by atoms with van der Waals surface area (Å²) in [7, 11) is 0. The highest BCUT2D eigenvalue weighted by Gasteiger charge is 2.27. The van der Waals surface area contributed by atoms with E-state index in [9.17, 15) is 14.0 Å². The lowest BCUT2D eigenvalue weighted by Gasteiger charge is -2.33. The third-order valence-corrected chi connectivity index (χ3v) is 6.19. The molecule has 3 rings (SSSR count). The van der Waals surface area contributed by atoms with E-state index in [1.54, 1.807) is 6.07 Å². The van der Waals surface area contributed by atoms with Crippen LogP contribution in [0, 0.1) is 12.7 Å². The van der Waals surface area contributed by atoms with Crippen LogP contribution in [0.4, 0.5) is 9.39 Å². The maximum atomic E-state index is 13.3. The molecule has 1 N–H and O–H groups in total. The van der Waals surface area contributed by atoms with Gasteiger partial charge in [0, 0.05) is 18.2 Å². The van der Waals surface area contributed by atoms with Crippen molar-refractivity contribution in [1.29, 1.82) is 0 Å². The van der Waals surface area contributed by atoms with Gasteiger partial charge in [0.05, 0.1) is 9.88 Å². The van der Waals surface area contributed by atoms with E-state index < -0.39 is 5.82 Å². The average Bonchev–Trinajstić information content (AvgIpc) is 3.03. The molecule has 0 radical (unpaired) electrons. The minimum Gasteiger partial charge on any atom is -0.335 e. The fraction of sp³-hybridized carbons (Fsp3) is 0.429. The van der Waals surface area contributed by atoms with Crippen LogP contribution in [0.1, 0.15) is 64.6 Å². The molecular weight excluding hydrogens is 363 g/mol. The van der Waals surface area contributed by atoms with E-state index >= 15 is 0 Å². The SMILES string of the molecule is CCN(C(=O)c1sc(NC(=O)c2cccc(F)c2)cc1C)C1CCCCC1. The van der Waals surface area contributed by atoms with Crippen LogP contribution in [0.25, 0.3) is 0 Å². The summed E-state index contributed by atoms with van der Waals surface area (Å²) in [6.45, 7) is 4.59. The summed E-state index contributed by atoms with van der Waals surface area (Å²) in [4.78, 5) is 28.0. The Labute approximate surface area is 163 Å². The molecule has 1 saturated carbocycles. The molecule has 0 spiro atoms. The molecule has 0 atom stereocenters. The topological polar surface area (TPSA) is 49.4 Å². The Kier molecular flexibility index (Phi) is 6.26. The van der Waals surface area contributed by atoms with Gasteiger partial charge in [-0.15, -0.1) is 11.3 Å². The first-order valence-electron chi connectivity index (χ1n) is 9.48. The average molecular weight is 389 g/mol. The van der Waals surface area contributed by atoms with Gasteiger partial charge in [-0.2, -0.15) is 0 Å². The standard InChI is InChI=1S/C21H25FN2O2S/c1-3-24(17-10-5-4-6-11-17)21(26)19-14(2)12-18(27-19)23-20(25)15-8-7-9-16(22)13-15/h7-9,12-13,17H,3-6,10-11H2,1-2H3,(H,23,25). The van der Waals surface area contributed by atoms with Crippen LogP contribution in [0.15, 0.2) is 30.3 Å². The van der Waals surface area contributed by atoms with Crippen LogP contribution in [0.3, 0.4) is 0 Å². The van der Waals surface area contributed by atoms with Crippen molar-refractivity contribution in [3.8, 4) is 0 Å². The van der Waals surface area contributed by atoms with Crippen molar-refractivity contribution in [3.63, 3.8) is 0 Å². The van der Waals surface area contributed by atoms with Crippen molar-refractivity contribution >= 4 is 28.2 Å². The Morgan fingerprint density at radius 3 is 2.63 bits per heavy atom. The molecule has 0 aliphatic heterocycles. The number of nitrogens with zero attached hydrogens (tertiary/aromatic N) is 1. The van der Waals surface area contributed by atoms with Gasteiger partial charge >= 0.3 is 0 Å². The quantitative estimate of drug-likeness (QED) is 0.761. The summed E-state index contributed by atoms with van der Waals surface area (Å²) in [5, 5.41) is 3.38. The number of aryl methyl sites for hydroxylation is 1. The molecule has 1 aromatic heterocycles. The van der Waals surface area contributed by atoms with E-state index in [1.165, 1.54) is 48.8 Å². The van der Waals surface area contributed by atoms with Gasteiger partial charge in [0.15, 0.2) is 0 Å². The van der Waals surface area contributed by atoms with Crippen molar-refractivity contribution in [3.05, 3.63) is 52.2 Å². The minimum absolute atomic E-state index is 0.0400. The molecule has 0 saturated heterocycles. The van der Waals surface area contributed by atoms with Crippen LogP contribution in [0.2, 0.25) is 0 Å². The van der Waals surface area contributed by atoms with E-state index in [4.69, 9.17) is 0 Å². The normalized spacial score (nSPS) is 14.8. The third kappa shape index (κ3) is 4.56. The molecule has 1 aliphatic carbocycles. The number of carbonyl (C=O) groups excluding carboxylic acids is 2. The first kappa shape index (κ1) is 19.5. The van der Waals surface area contributed by atoms with Gasteiger partial charge in [0.2, 0.25) is 0 Å². The summed E-state index contributed by atoms with van der Waals surface area (Å²) in [5.74, 6) is -0.792. The van der Waals surface area contributed by atoms with E-state index in [-0.39, 0.29) is 17.4 Å². The Morgan fingerprint density at radius 1 is 1.22 bits per heavy atom. The van der Waals surface area contributed by atoms with Gasteiger partial charge in [-0.3, -0.25) is 9.59 Å². The zero-order valence-corrected chi connectivity index (χ0v) is 16.6. The van der Waals surface area contributed by atoms with Gasteiger partial charge < -0.3 is 10.2 Å². The van der Waals surface area contributed by atoms with Gasteiger partial charge in [-0.25, -0.2) is 4.39 Å². The molecule has 6 heteroatoms. The molecule has 1 fully saturated rings. The van der Waals surface area contributed by atoms with Crippen LogP contribution in [0.5, 0.6) is 0 Å². The van der Waals surface area contributed by atoms with Gasteiger partial charge in [0.25, 0.3) is 11.8 Å². The van der Waals surface area contributed by atoms with E-state index in [1.807, 2.05) is 24.8 Å². The molecule has 4 nitrogen and oxygen atoms in total. The van der Waals surface area contributed by atoms with Crippen LogP contribution in [-0.2, 0) is 0 Å². The van der Waals surface area contributed by atoms with Crippen molar-refractivity contribution < 1.29 is 14.0 Å². The maximum absolute atomic E-state index is 13.3. The molecule has 27 heavy (non-hydrogen) atoms. The second-order valence-corrected chi connectivity index (χ2v) is 8.02. The molecule has 1 aliphatic rings. The van der Waals surface area contributed by atoms with Gasteiger partial charge in [0.1, 0.15) is 5.82 Å². The fourth-order valence-corrected chi connectivity index (χ4v) is 4.68. The van der Waals surface area contributed by atoms with Crippen LogP contribution >= 0.6 is 11.3 Å². The second-order valence-electron chi connectivity index (χ2n) is 6.97. The number of nitrogens with one attached hydrogen (secondary N) is 1. The zero-order valence-electron chi connectivity index (χ0n) is 15.8. The molecular formula is C21H25FN2O2S. The number of rotatable bonds is 5. The predicted molar refractivity (Wildman–Crippen MR) is 107 cm³/mol. The monoisotopic (exact) mass is 388 g/mol. The number of halogens is 1. The zero-order chi connectivity index (χ0) is 19.4. The highest BCUT2D eigenvalue weighted by Crippen LogP contribution is 2.31. The largest absolute Gasteiger partial charge is 0.335 e. The van der Waals surface area contributed by atoms with Crippen LogP contribution < -0.4 is 5.32 Å². The summed E-state index contributed by atoms with van der Waals surface area (Å²) in [6, 6.07) is 7.68. The van der Waals surface area contributed by atoms with Gasteiger partial charge in [-0.1, -0.05) is 25.3 Å².